The van der Waals surface area contributed by atoms with Crippen LogP contribution in [0.2, 0.25) is 0 Å². The summed E-state index contributed by atoms with van der Waals surface area (Å²) in [6.45, 7) is 2.00. The van der Waals surface area contributed by atoms with Crippen LogP contribution in [0.5, 0.6) is 0 Å². The highest BCUT2D eigenvalue weighted by molar-refractivity contribution is 5.94. The van der Waals surface area contributed by atoms with E-state index in [-0.39, 0.29) is 18.0 Å². The number of nitrogens with one attached hydrogen (secondary N) is 1. The van der Waals surface area contributed by atoms with E-state index < -0.39 is 5.95 Å². The molecule has 6 nitrogen and oxygen atoms in total. The minimum Gasteiger partial charge on any atom is -0.336 e. The number of amides is 3. The van der Waals surface area contributed by atoms with E-state index in [2.05, 4.69) is 10.3 Å². The van der Waals surface area contributed by atoms with E-state index in [0.717, 1.165) is 6.07 Å². The molecule has 2 saturated heterocycles. The number of fused-ring (bicyclic) bond motifs is 1. The van der Waals surface area contributed by atoms with Crippen molar-refractivity contribution in [2.45, 2.75) is 6.04 Å². The van der Waals surface area contributed by atoms with E-state index in [0.29, 0.717) is 31.7 Å². The van der Waals surface area contributed by atoms with Crippen molar-refractivity contribution < 1.29 is 14.0 Å². The molecule has 3 heterocycles. The number of aromatic nitrogens is 1. The van der Waals surface area contributed by atoms with Crippen molar-refractivity contribution in [3.63, 3.8) is 0 Å². The molecule has 0 saturated carbocycles. The maximum atomic E-state index is 13.0. The zero-order chi connectivity index (χ0) is 13.4. The first-order valence-corrected chi connectivity index (χ1v) is 6.10. The van der Waals surface area contributed by atoms with Gasteiger partial charge in [0.25, 0.3) is 5.91 Å². The fourth-order valence-electron chi connectivity index (χ4n) is 2.51. The second kappa shape index (κ2) is 4.49. The van der Waals surface area contributed by atoms with Crippen molar-refractivity contribution in [2.75, 3.05) is 26.2 Å². The van der Waals surface area contributed by atoms with Gasteiger partial charge in [0, 0.05) is 44.0 Å². The summed E-state index contributed by atoms with van der Waals surface area (Å²) in [7, 11) is 0. The van der Waals surface area contributed by atoms with Crippen molar-refractivity contribution in [2.24, 2.45) is 0 Å². The quantitative estimate of drug-likeness (QED) is 0.730. The SMILES string of the molecule is O=C(c1ccnc(F)c1)N1CCN2C(=O)NCC2C1. The summed E-state index contributed by atoms with van der Waals surface area (Å²) in [6, 6.07) is 2.56. The van der Waals surface area contributed by atoms with Gasteiger partial charge in [0.15, 0.2) is 0 Å². The van der Waals surface area contributed by atoms with Crippen LogP contribution in [0.1, 0.15) is 10.4 Å². The molecule has 2 aliphatic heterocycles. The van der Waals surface area contributed by atoms with E-state index in [1.165, 1.54) is 12.3 Å². The number of rotatable bonds is 1. The predicted octanol–water partition coefficient (Wildman–Crippen LogP) is 0.0703. The minimum atomic E-state index is -0.665. The number of nitrogens with zero attached hydrogens (tertiary/aromatic N) is 3. The van der Waals surface area contributed by atoms with Crippen molar-refractivity contribution in [1.29, 1.82) is 0 Å². The molecule has 1 aromatic heterocycles. The predicted molar refractivity (Wildman–Crippen MR) is 64.0 cm³/mol. The molecule has 0 aromatic carbocycles. The van der Waals surface area contributed by atoms with Gasteiger partial charge in [-0.05, 0) is 6.07 Å². The first-order chi connectivity index (χ1) is 9.15. The summed E-state index contributed by atoms with van der Waals surface area (Å²) in [6.07, 6.45) is 1.28. The molecule has 100 valence electrons. The second-order valence-electron chi connectivity index (χ2n) is 4.65. The molecule has 3 rings (SSSR count). The normalized spacial score (nSPS) is 22.2. The smallest absolute Gasteiger partial charge is 0.317 e. The van der Waals surface area contributed by atoms with Crippen LogP contribution in [-0.4, -0.2) is 58.9 Å². The van der Waals surface area contributed by atoms with Gasteiger partial charge in [-0.25, -0.2) is 9.78 Å². The van der Waals surface area contributed by atoms with Gasteiger partial charge in [0.1, 0.15) is 0 Å². The molecule has 1 aromatic rings. The van der Waals surface area contributed by atoms with Gasteiger partial charge >= 0.3 is 6.03 Å². The van der Waals surface area contributed by atoms with Gasteiger partial charge in [-0.15, -0.1) is 0 Å². The van der Waals surface area contributed by atoms with Crippen molar-refractivity contribution in [3.8, 4) is 0 Å². The molecule has 1 atom stereocenters. The van der Waals surface area contributed by atoms with Crippen LogP contribution < -0.4 is 5.32 Å². The Hall–Kier alpha value is -2.18. The fraction of sp³-hybridized carbons (Fsp3) is 0.417. The molecular formula is C12H13FN4O2. The first-order valence-electron chi connectivity index (χ1n) is 6.10. The molecule has 2 fully saturated rings. The summed E-state index contributed by atoms with van der Waals surface area (Å²) in [5.41, 5.74) is 0.290. The van der Waals surface area contributed by atoms with Crippen molar-refractivity contribution in [3.05, 3.63) is 29.8 Å². The van der Waals surface area contributed by atoms with Gasteiger partial charge in [0.2, 0.25) is 5.95 Å². The number of hydrogen-bond donors (Lipinski definition) is 1. The van der Waals surface area contributed by atoms with Crippen molar-refractivity contribution >= 4 is 11.9 Å². The lowest BCUT2D eigenvalue weighted by molar-refractivity contribution is 0.0616. The van der Waals surface area contributed by atoms with Gasteiger partial charge in [-0.2, -0.15) is 4.39 Å². The third kappa shape index (κ3) is 2.11. The average molecular weight is 264 g/mol. The van der Waals surface area contributed by atoms with Crippen LogP contribution in [0.25, 0.3) is 0 Å². The Labute approximate surface area is 109 Å². The minimum absolute atomic E-state index is 0.0110. The number of carbonyl (C=O) groups is 2. The molecule has 0 radical (unpaired) electrons. The van der Waals surface area contributed by atoms with Gasteiger partial charge in [-0.1, -0.05) is 0 Å². The van der Waals surface area contributed by atoms with Gasteiger partial charge in [-0.3, -0.25) is 4.79 Å². The molecule has 3 amide bonds. The Kier molecular flexibility index (Phi) is 2.81. The largest absolute Gasteiger partial charge is 0.336 e. The summed E-state index contributed by atoms with van der Waals surface area (Å²) in [4.78, 5) is 30.5. The number of piperazine rings is 1. The maximum absolute atomic E-state index is 13.0. The molecule has 0 bridgehead atoms. The highest BCUT2D eigenvalue weighted by Crippen LogP contribution is 2.16. The second-order valence-corrected chi connectivity index (χ2v) is 4.65. The number of pyridine rings is 1. The van der Waals surface area contributed by atoms with E-state index in [1.807, 2.05) is 0 Å². The van der Waals surface area contributed by atoms with Gasteiger partial charge in [0.05, 0.1) is 6.04 Å². The topological polar surface area (TPSA) is 65.5 Å². The molecule has 7 heteroatoms. The Morgan fingerprint density at radius 2 is 2.32 bits per heavy atom. The molecule has 19 heavy (non-hydrogen) atoms. The van der Waals surface area contributed by atoms with Crippen molar-refractivity contribution in [1.82, 2.24) is 20.1 Å². The highest BCUT2D eigenvalue weighted by Gasteiger charge is 2.37. The average Bonchev–Trinajstić information content (AvgIpc) is 2.79. The first kappa shape index (κ1) is 11.9. The summed E-state index contributed by atoms with van der Waals surface area (Å²) >= 11 is 0. The molecule has 0 aliphatic carbocycles. The highest BCUT2D eigenvalue weighted by atomic mass is 19.1. The monoisotopic (exact) mass is 264 g/mol. The Morgan fingerprint density at radius 1 is 1.47 bits per heavy atom. The summed E-state index contributed by atoms with van der Waals surface area (Å²) < 4.78 is 13.0. The maximum Gasteiger partial charge on any atom is 0.317 e. The van der Waals surface area contributed by atoms with E-state index >= 15 is 0 Å². The van der Waals surface area contributed by atoms with Crippen LogP contribution in [0.3, 0.4) is 0 Å². The molecule has 1 unspecified atom stereocenters. The molecular weight excluding hydrogens is 251 g/mol. The van der Waals surface area contributed by atoms with Crippen LogP contribution in [0.15, 0.2) is 18.3 Å². The lowest BCUT2D eigenvalue weighted by Gasteiger charge is -2.36. The number of urea groups is 1. The lowest BCUT2D eigenvalue weighted by atomic mass is 10.1. The van der Waals surface area contributed by atoms with Crippen LogP contribution in [0.4, 0.5) is 9.18 Å². The number of carbonyl (C=O) groups excluding carboxylic acids is 2. The lowest BCUT2D eigenvalue weighted by Crippen LogP contribution is -2.53. The van der Waals surface area contributed by atoms with Crippen LogP contribution in [0, 0.1) is 5.95 Å². The van der Waals surface area contributed by atoms with E-state index in [1.54, 1.807) is 9.80 Å². The zero-order valence-electron chi connectivity index (χ0n) is 10.2. The third-order valence-corrected chi connectivity index (χ3v) is 3.49. The Bertz CT molecular complexity index is 536. The van der Waals surface area contributed by atoms with Gasteiger partial charge < -0.3 is 15.1 Å². The molecule has 2 aliphatic rings. The van der Waals surface area contributed by atoms with E-state index in [9.17, 15) is 14.0 Å². The van der Waals surface area contributed by atoms with Crippen LogP contribution >= 0.6 is 0 Å². The summed E-state index contributed by atoms with van der Waals surface area (Å²) in [5.74, 6) is -0.887. The van der Waals surface area contributed by atoms with E-state index in [4.69, 9.17) is 0 Å². The number of hydrogen-bond acceptors (Lipinski definition) is 3. The fourth-order valence-corrected chi connectivity index (χ4v) is 2.51. The zero-order valence-corrected chi connectivity index (χ0v) is 10.2. The standard InChI is InChI=1S/C12H13FN4O2/c13-10-5-8(1-2-14-10)11(18)16-3-4-17-9(7-16)6-15-12(17)19/h1-2,5,9H,3-4,6-7H2,(H,15,19). The Balaban J connectivity index is 1.74. The molecule has 1 N–H and O–H groups in total. The third-order valence-electron chi connectivity index (χ3n) is 3.49. The molecule has 0 spiro atoms. The summed E-state index contributed by atoms with van der Waals surface area (Å²) in [5, 5.41) is 2.75. The number of halogens is 1. The Morgan fingerprint density at radius 3 is 3.11 bits per heavy atom. The van der Waals surface area contributed by atoms with Crippen LogP contribution in [-0.2, 0) is 0 Å².